The van der Waals surface area contributed by atoms with Crippen molar-refractivity contribution >= 4 is 21.6 Å². The molecular formula is C15H15FN2O4S. The molecule has 0 spiro atoms. The minimum atomic E-state index is -3.78. The molecule has 1 amide bonds. The SMILES string of the molecule is C[C@H](Oc1ccc(F)cc1)C(=O)Nc1ccc(S(N)(=O)=O)cc1. The highest BCUT2D eigenvalue weighted by molar-refractivity contribution is 7.89. The molecular weight excluding hydrogens is 323 g/mol. The molecule has 0 aliphatic rings. The number of hydrogen-bond acceptors (Lipinski definition) is 4. The smallest absolute Gasteiger partial charge is 0.265 e. The minimum absolute atomic E-state index is 0.0499. The molecule has 1 atom stereocenters. The molecule has 0 saturated heterocycles. The zero-order chi connectivity index (χ0) is 17.0. The van der Waals surface area contributed by atoms with Crippen LogP contribution in [0.5, 0.6) is 5.75 Å². The van der Waals surface area contributed by atoms with Gasteiger partial charge in [-0.05, 0) is 55.5 Å². The topological polar surface area (TPSA) is 98.5 Å². The number of primary sulfonamides is 1. The van der Waals surface area contributed by atoms with E-state index in [0.29, 0.717) is 11.4 Å². The second-order valence-corrected chi connectivity index (χ2v) is 6.33. The average molecular weight is 338 g/mol. The number of nitrogens with two attached hydrogens (primary N) is 1. The number of carbonyl (C=O) groups excluding carboxylic acids is 1. The lowest BCUT2D eigenvalue weighted by Crippen LogP contribution is -2.30. The number of anilines is 1. The standard InChI is InChI=1S/C15H15FN2O4S/c1-10(22-13-6-2-11(16)3-7-13)15(19)18-12-4-8-14(9-5-12)23(17,20)21/h2-10H,1H3,(H,18,19)(H2,17,20,21)/t10-/m0/s1. The van der Waals surface area contributed by atoms with Crippen LogP contribution in [-0.4, -0.2) is 20.4 Å². The lowest BCUT2D eigenvalue weighted by Gasteiger charge is -2.14. The molecule has 0 aromatic heterocycles. The van der Waals surface area contributed by atoms with E-state index in [1.54, 1.807) is 0 Å². The predicted molar refractivity (Wildman–Crippen MR) is 82.9 cm³/mol. The molecule has 3 N–H and O–H groups in total. The maximum Gasteiger partial charge on any atom is 0.265 e. The first kappa shape index (κ1) is 16.9. The highest BCUT2D eigenvalue weighted by Crippen LogP contribution is 2.15. The Kier molecular flexibility index (Phi) is 4.97. The van der Waals surface area contributed by atoms with Gasteiger partial charge >= 0.3 is 0 Å². The number of benzene rings is 2. The van der Waals surface area contributed by atoms with Gasteiger partial charge in [0.05, 0.1) is 4.90 Å². The summed E-state index contributed by atoms with van der Waals surface area (Å²) in [5, 5.41) is 7.57. The number of ether oxygens (including phenoxy) is 1. The summed E-state index contributed by atoms with van der Waals surface area (Å²) in [5.74, 6) is -0.472. The Hall–Kier alpha value is -2.45. The van der Waals surface area contributed by atoms with Crippen LogP contribution in [0.3, 0.4) is 0 Å². The first-order valence-electron chi connectivity index (χ1n) is 6.61. The number of nitrogens with one attached hydrogen (secondary N) is 1. The van der Waals surface area contributed by atoms with Crippen molar-refractivity contribution in [2.24, 2.45) is 5.14 Å². The summed E-state index contributed by atoms with van der Waals surface area (Å²) in [6.45, 7) is 1.54. The summed E-state index contributed by atoms with van der Waals surface area (Å²) < 4.78 is 40.5. The van der Waals surface area contributed by atoms with Gasteiger partial charge in [-0.3, -0.25) is 4.79 Å². The van der Waals surface area contributed by atoms with Gasteiger partial charge in [0, 0.05) is 5.69 Å². The van der Waals surface area contributed by atoms with Crippen LogP contribution in [0.15, 0.2) is 53.4 Å². The van der Waals surface area contributed by atoms with Crippen molar-refractivity contribution in [3.8, 4) is 5.75 Å². The van der Waals surface area contributed by atoms with Crippen molar-refractivity contribution in [3.63, 3.8) is 0 Å². The second kappa shape index (κ2) is 6.76. The summed E-state index contributed by atoms with van der Waals surface area (Å²) in [4.78, 5) is 12.0. The van der Waals surface area contributed by atoms with Crippen LogP contribution < -0.4 is 15.2 Å². The molecule has 2 aromatic carbocycles. The van der Waals surface area contributed by atoms with Crippen molar-refractivity contribution in [1.82, 2.24) is 0 Å². The number of carbonyl (C=O) groups is 1. The number of halogens is 1. The van der Waals surface area contributed by atoms with E-state index in [1.165, 1.54) is 55.5 Å². The molecule has 0 heterocycles. The largest absolute Gasteiger partial charge is 0.481 e. The molecule has 0 aliphatic carbocycles. The van der Waals surface area contributed by atoms with Crippen LogP contribution in [0.2, 0.25) is 0 Å². The lowest BCUT2D eigenvalue weighted by molar-refractivity contribution is -0.122. The fraction of sp³-hybridized carbons (Fsp3) is 0.133. The number of rotatable bonds is 5. The molecule has 6 nitrogen and oxygen atoms in total. The summed E-state index contributed by atoms with van der Waals surface area (Å²) in [6, 6.07) is 10.7. The fourth-order valence-electron chi connectivity index (χ4n) is 1.74. The van der Waals surface area contributed by atoms with Gasteiger partial charge in [0.25, 0.3) is 5.91 Å². The zero-order valence-electron chi connectivity index (χ0n) is 12.2. The number of amides is 1. The van der Waals surface area contributed by atoms with Crippen LogP contribution in [0.25, 0.3) is 0 Å². The third kappa shape index (κ3) is 4.76. The number of hydrogen-bond donors (Lipinski definition) is 2. The Morgan fingerprint density at radius 1 is 1.13 bits per heavy atom. The lowest BCUT2D eigenvalue weighted by atomic mass is 10.3. The van der Waals surface area contributed by atoms with Gasteiger partial charge in [0.2, 0.25) is 10.0 Å². The summed E-state index contributed by atoms with van der Waals surface area (Å²) >= 11 is 0. The first-order chi connectivity index (χ1) is 10.8. The number of sulfonamides is 1. The van der Waals surface area contributed by atoms with E-state index in [0.717, 1.165) is 0 Å². The van der Waals surface area contributed by atoms with Crippen LogP contribution in [-0.2, 0) is 14.8 Å². The van der Waals surface area contributed by atoms with Crippen LogP contribution in [0.1, 0.15) is 6.92 Å². The second-order valence-electron chi connectivity index (χ2n) is 4.77. The van der Waals surface area contributed by atoms with E-state index in [1.807, 2.05) is 0 Å². The quantitative estimate of drug-likeness (QED) is 0.869. The van der Waals surface area contributed by atoms with E-state index in [4.69, 9.17) is 9.88 Å². The van der Waals surface area contributed by atoms with Crippen molar-refractivity contribution in [2.45, 2.75) is 17.9 Å². The average Bonchev–Trinajstić information content (AvgIpc) is 2.49. The van der Waals surface area contributed by atoms with E-state index >= 15 is 0 Å². The molecule has 122 valence electrons. The molecule has 2 aromatic rings. The normalized spacial score (nSPS) is 12.5. The summed E-state index contributed by atoms with van der Waals surface area (Å²) in [6.07, 6.45) is -0.821. The molecule has 0 fully saturated rings. The molecule has 0 saturated carbocycles. The van der Waals surface area contributed by atoms with E-state index in [-0.39, 0.29) is 4.90 Å². The Labute approximate surface area is 133 Å². The van der Waals surface area contributed by atoms with Crippen molar-refractivity contribution in [3.05, 3.63) is 54.3 Å². The molecule has 2 rings (SSSR count). The van der Waals surface area contributed by atoms with E-state index in [9.17, 15) is 17.6 Å². The van der Waals surface area contributed by atoms with Crippen molar-refractivity contribution in [2.75, 3.05) is 5.32 Å². The van der Waals surface area contributed by atoms with Gasteiger partial charge in [0.15, 0.2) is 6.10 Å². The van der Waals surface area contributed by atoms with Crippen LogP contribution >= 0.6 is 0 Å². The molecule has 0 unspecified atom stereocenters. The highest BCUT2D eigenvalue weighted by Gasteiger charge is 2.15. The zero-order valence-corrected chi connectivity index (χ0v) is 13.0. The Morgan fingerprint density at radius 3 is 2.22 bits per heavy atom. The molecule has 0 aliphatic heterocycles. The predicted octanol–water partition coefficient (Wildman–Crippen LogP) is 1.88. The molecule has 0 bridgehead atoms. The van der Waals surface area contributed by atoms with Crippen LogP contribution in [0.4, 0.5) is 10.1 Å². The van der Waals surface area contributed by atoms with Gasteiger partial charge in [-0.2, -0.15) is 0 Å². The van der Waals surface area contributed by atoms with E-state index in [2.05, 4.69) is 5.32 Å². The summed E-state index contributed by atoms with van der Waals surface area (Å²) in [7, 11) is -3.78. The van der Waals surface area contributed by atoms with Gasteiger partial charge in [0.1, 0.15) is 11.6 Å². The first-order valence-corrected chi connectivity index (χ1v) is 8.16. The fourth-order valence-corrected chi connectivity index (χ4v) is 2.26. The third-order valence-electron chi connectivity index (χ3n) is 2.95. The minimum Gasteiger partial charge on any atom is -0.481 e. The maximum atomic E-state index is 12.8. The van der Waals surface area contributed by atoms with Gasteiger partial charge < -0.3 is 10.1 Å². The Balaban J connectivity index is 1.99. The van der Waals surface area contributed by atoms with Crippen molar-refractivity contribution < 1.29 is 22.3 Å². The Bertz CT molecular complexity index is 789. The molecule has 23 heavy (non-hydrogen) atoms. The molecule has 8 heteroatoms. The van der Waals surface area contributed by atoms with Gasteiger partial charge in [-0.15, -0.1) is 0 Å². The third-order valence-corrected chi connectivity index (χ3v) is 3.88. The van der Waals surface area contributed by atoms with Gasteiger partial charge in [-0.1, -0.05) is 0 Å². The Morgan fingerprint density at radius 2 is 1.70 bits per heavy atom. The van der Waals surface area contributed by atoms with Gasteiger partial charge in [-0.25, -0.2) is 17.9 Å². The monoisotopic (exact) mass is 338 g/mol. The van der Waals surface area contributed by atoms with Crippen LogP contribution in [0, 0.1) is 5.82 Å². The van der Waals surface area contributed by atoms with E-state index < -0.39 is 27.9 Å². The van der Waals surface area contributed by atoms with Crippen molar-refractivity contribution in [1.29, 1.82) is 0 Å². The molecule has 0 radical (unpaired) electrons. The maximum absolute atomic E-state index is 12.8. The highest BCUT2D eigenvalue weighted by atomic mass is 32.2. The summed E-state index contributed by atoms with van der Waals surface area (Å²) in [5.41, 5.74) is 0.400.